The average molecular weight is 271 g/mol. The molecular formula is C14H20ClFN2. The quantitative estimate of drug-likeness (QED) is 0.907. The molecule has 0 saturated carbocycles. The predicted octanol–water partition coefficient (Wildman–Crippen LogP) is 3.30. The molecule has 1 aromatic rings. The molecule has 0 spiro atoms. The fourth-order valence-corrected chi connectivity index (χ4v) is 2.88. The van der Waals surface area contributed by atoms with Gasteiger partial charge in [-0.05, 0) is 37.1 Å². The molecule has 2 unspecified atom stereocenters. The minimum Gasteiger partial charge on any atom is -0.371 e. The van der Waals surface area contributed by atoms with E-state index in [-0.39, 0.29) is 5.82 Å². The highest BCUT2D eigenvalue weighted by Gasteiger charge is 2.25. The van der Waals surface area contributed by atoms with E-state index in [2.05, 4.69) is 24.1 Å². The molecule has 1 aliphatic heterocycles. The minimum absolute atomic E-state index is 0.265. The van der Waals surface area contributed by atoms with Crippen LogP contribution in [0.3, 0.4) is 0 Å². The van der Waals surface area contributed by atoms with Gasteiger partial charge in [-0.3, -0.25) is 0 Å². The van der Waals surface area contributed by atoms with Gasteiger partial charge in [-0.1, -0.05) is 25.4 Å². The van der Waals surface area contributed by atoms with E-state index in [0.29, 0.717) is 17.0 Å². The summed E-state index contributed by atoms with van der Waals surface area (Å²) in [6.45, 7) is 7.26. The number of hydrogen-bond acceptors (Lipinski definition) is 2. The van der Waals surface area contributed by atoms with Crippen LogP contribution in [0, 0.1) is 11.7 Å². The Kier molecular flexibility index (Phi) is 4.46. The Balaban J connectivity index is 2.07. The van der Waals surface area contributed by atoms with Gasteiger partial charge in [0, 0.05) is 29.8 Å². The van der Waals surface area contributed by atoms with Crippen molar-refractivity contribution in [1.29, 1.82) is 0 Å². The van der Waals surface area contributed by atoms with E-state index < -0.39 is 0 Å². The van der Waals surface area contributed by atoms with Crippen LogP contribution in [0.25, 0.3) is 0 Å². The second-order valence-corrected chi connectivity index (χ2v) is 5.44. The van der Waals surface area contributed by atoms with Crippen LogP contribution in [0.2, 0.25) is 5.02 Å². The van der Waals surface area contributed by atoms with Crippen molar-refractivity contribution in [3.8, 4) is 0 Å². The first kappa shape index (κ1) is 13.6. The summed E-state index contributed by atoms with van der Waals surface area (Å²) in [6.07, 6.45) is 1.09. The number of rotatable bonds is 3. The van der Waals surface area contributed by atoms with Crippen LogP contribution in [0.15, 0.2) is 18.2 Å². The maximum atomic E-state index is 13.4. The molecule has 2 atom stereocenters. The van der Waals surface area contributed by atoms with E-state index in [1.807, 2.05) is 6.07 Å². The summed E-state index contributed by atoms with van der Waals surface area (Å²) in [5, 5.41) is 3.97. The van der Waals surface area contributed by atoms with Crippen molar-refractivity contribution in [2.45, 2.75) is 26.3 Å². The number of piperidine rings is 1. The molecule has 1 heterocycles. The summed E-state index contributed by atoms with van der Waals surface area (Å²) in [4.78, 5) is 2.22. The average Bonchev–Trinajstić information content (AvgIpc) is 2.30. The molecule has 1 fully saturated rings. The van der Waals surface area contributed by atoms with Crippen LogP contribution >= 0.6 is 11.6 Å². The Morgan fingerprint density at radius 2 is 2.22 bits per heavy atom. The Morgan fingerprint density at radius 3 is 2.83 bits per heavy atom. The molecule has 18 heavy (non-hydrogen) atoms. The van der Waals surface area contributed by atoms with E-state index in [0.717, 1.165) is 31.7 Å². The lowest BCUT2D eigenvalue weighted by atomic mass is 9.93. The van der Waals surface area contributed by atoms with E-state index in [1.165, 1.54) is 6.07 Å². The second-order valence-electron chi connectivity index (χ2n) is 5.00. The molecule has 0 bridgehead atoms. The van der Waals surface area contributed by atoms with E-state index in [9.17, 15) is 4.39 Å². The third-order valence-electron chi connectivity index (χ3n) is 3.58. The fraction of sp³-hybridized carbons (Fsp3) is 0.571. The van der Waals surface area contributed by atoms with E-state index >= 15 is 0 Å². The number of nitrogens with one attached hydrogen (secondary N) is 1. The first-order chi connectivity index (χ1) is 8.60. The maximum Gasteiger partial charge on any atom is 0.126 e. The standard InChI is InChI=1S/C14H20ClFN2/c1-3-17-14-4-5-18(9-10(14)2)13-7-11(15)6-12(16)8-13/h6-8,10,14,17H,3-5,9H2,1-2H3. The maximum absolute atomic E-state index is 13.4. The summed E-state index contributed by atoms with van der Waals surface area (Å²) < 4.78 is 13.4. The number of anilines is 1. The monoisotopic (exact) mass is 270 g/mol. The first-order valence-electron chi connectivity index (χ1n) is 6.54. The molecule has 2 rings (SSSR count). The zero-order valence-corrected chi connectivity index (χ0v) is 11.7. The zero-order valence-electron chi connectivity index (χ0n) is 10.9. The molecule has 0 radical (unpaired) electrons. The molecule has 1 saturated heterocycles. The van der Waals surface area contributed by atoms with Crippen LogP contribution in [0.1, 0.15) is 20.3 Å². The Labute approximate surface area is 113 Å². The molecule has 1 aliphatic rings. The van der Waals surface area contributed by atoms with Gasteiger partial charge in [-0.15, -0.1) is 0 Å². The summed E-state index contributed by atoms with van der Waals surface area (Å²) in [6, 6.07) is 5.31. The van der Waals surface area contributed by atoms with Crippen molar-refractivity contribution in [3.63, 3.8) is 0 Å². The third-order valence-corrected chi connectivity index (χ3v) is 3.80. The number of hydrogen-bond donors (Lipinski definition) is 1. The van der Waals surface area contributed by atoms with Crippen molar-refractivity contribution < 1.29 is 4.39 Å². The minimum atomic E-state index is -0.265. The lowest BCUT2D eigenvalue weighted by Gasteiger charge is -2.38. The molecule has 2 nitrogen and oxygen atoms in total. The van der Waals surface area contributed by atoms with Crippen molar-refractivity contribution in [3.05, 3.63) is 29.0 Å². The highest BCUT2D eigenvalue weighted by molar-refractivity contribution is 6.30. The van der Waals surface area contributed by atoms with Crippen molar-refractivity contribution in [1.82, 2.24) is 5.32 Å². The second kappa shape index (κ2) is 5.89. The third kappa shape index (κ3) is 3.15. The Morgan fingerprint density at radius 1 is 1.44 bits per heavy atom. The van der Waals surface area contributed by atoms with Gasteiger partial charge >= 0.3 is 0 Å². The van der Waals surface area contributed by atoms with Gasteiger partial charge in [0.15, 0.2) is 0 Å². The molecule has 1 N–H and O–H groups in total. The predicted molar refractivity (Wildman–Crippen MR) is 74.9 cm³/mol. The fourth-order valence-electron chi connectivity index (χ4n) is 2.67. The number of halogens is 2. The molecule has 0 amide bonds. The van der Waals surface area contributed by atoms with Crippen LogP contribution < -0.4 is 10.2 Å². The van der Waals surface area contributed by atoms with Crippen LogP contribution in [-0.4, -0.2) is 25.7 Å². The van der Waals surface area contributed by atoms with Crippen LogP contribution in [-0.2, 0) is 0 Å². The normalized spacial score (nSPS) is 24.3. The van der Waals surface area contributed by atoms with Gasteiger partial charge in [-0.2, -0.15) is 0 Å². The van der Waals surface area contributed by atoms with Gasteiger partial charge in [0.2, 0.25) is 0 Å². The highest BCUT2D eigenvalue weighted by Crippen LogP contribution is 2.26. The lowest BCUT2D eigenvalue weighted by molar-refractivity contribution is 0.326. The number of nitrogens with zero attached hydrogens (tertiary/aromatic N) is 1. The number of benzene rings is 1. The van der Waals surface area contributed by atoms with E-state index in [1.54, 1.807) is 6.07 Å². The Bertz CT molecular complexity index is 391. The lowest BCUT2D eigenvalue weighted by Crippen LogP contribution is -2.48. The van der Waals surface area contributed by atoms with Gasteiger partial charge in [0.1, 0.15) is 5.82 Å². The van der Waals surface area contributed by atoms with Gasteiger partial charge < -0.3 is 10.2 Å². The van der Waals surface area contributed by atoms with Gasteiger partial charge in [0.25, 0.3) is 0 Å². The summed E-state index contributed by atoms with van der Waals surface area (Å²) >= 11 is 5.91. The largest absolute Gasteiger partial charge is 0.371 e. The van der Waals surface area contributed by atoms with Gasteiger partial charge in [-0.25, -0.2) is 4.39 Å². The van der Waals surface area contributed by atoms with Crippen LogP contribution in [0.4, 0.5) is 10.1 Å². The highest BCUT2D eigenvalue weighted by atomic mass is 35.5. The zero-order chi connectivity index (χ0) is 13.1. The topological polar surface area (TPSA) is 15.3 Å². The molecule has 0 aromatic heterocycles. The molecule has 0 aliphatic carbocycles. The summed E-state index contributed by atoms with van der Waals surface area (Å²) in [5.41, 5.74) is 0.891. The van der Waals surface area contributed by atoms with Gasteiger partial charge in [0.05, 0.1) is 0 Å². The smallest absolute Gasteiger partial charge is 0.126 e. The van der Waals surface area contributed by atoms with E-state index in [4.69, 9.17) is 11.6 Å². The molecule has 4 heteroatoms. The summed E-state index contributed by atoms with van der Waals surface area (Å²) in [5.74, 6) is 0.291. The van der Waals surface area contributed by atoms with Crippen molar-refractivity contribution >= 4 is 17.3 Å². The molecule has 1 aromatic carbocycles. The molecular weight excluding hydrogens is 251 g/mol. The first-order valence-corrected chi connectivity index (χ1v) is 6.92. The molecule has 100 valence electrons. The van der Waals surface area contributed by atoms with Crippen LogP contribution in [0.5, 0.6) is 0 Å². The van der Waals surface area contributed by atoms with Crippen molar-refractivity contribution in [2.75, 3.05) is 24.5 Å². The Hall–Kier alpha value is -0.800. The SMILES string of the molecule is CCNC1CCN(c2cc(F)cc(Cl)c2)CC1C. The van der Waals surface area contributed by atoms with Crippen molar-refractivity contribution in [2.24, 2.45) is 5.92 Å². The summed E-state index contributed by atoms with van der Waals surface area (Å²) in [7, 11) is 0.